The Hall–Kier alpha value is -3.42. The predicted octanol–water partition coefficient (Wildman–Crippen LogP) is 2.51. The van der Waals surface area contributed by atoms with Crippen molar-refractivity contribution >= 4 is 5.91 Å². The summed E-state index contributed by atoms with van der Waals surface area (Å²) < 4.78 is 10.6. The van der Waals surface area contributed by atoms with E-state index in [0.29, 0.717) is 24.0 Å². The zero-order chi connectivity index (χ0) is 19.5. The molecule has 0 saturated carbocycles. The standard InChI is InChI=1S/C20H21N5O3/c1-13(2)15-4-6-16(7-5-15)20-22-24-25(23-20)11-19(26)21-10-14-3-8-17-18(9-14)28-12-27-17/h3-9,13H,10-12H2,1-2H3,(H,21,26). The average molecular weight is 379 g/mol. The van der Waals surface area contributed by atoms with Gasteiger partial charge in [0.05, 0.1) is 0 Å². The number of hydrogen-bond donors (Lipinski definition) is 1. The molecule has 1 aliphatic rings. The maximum absolute atomic E-state index is 12.2. The van der Waals surface area contributed by atoms with Crippen molar-refractivity contribution in [1.29, 1.82) is 0 Å². The number of carbonyl (C=O) groups excluding carboxylic acids is 1. The summed E-state index contributed by atoms with van der Waals surface area (Å²) in [7, 11) is 0. The fraction of sp³-hybridized carbons (Fsp3) is 0.300. The first-order valence-corrected chi connectivity index (χ1v) is 9.12. The molecule has 8 nitrogen and oxygen atoms in total. The molecule has 144 valence electrons. The lowest BCUT2D eigenvalue weighted by Gasteiger charge is -2.06. The van der Waals surface area contributed by atoms with Crippen LogP contribution in [0.4, 0.5) is 0 Å². The van der Waals surface area contributed by atoms with Gasteiger partial charge >= 0.3 is 0 Å². The maximum Gasteiger partial charge on any atom is 0.243 e. The highest BCUT2D eigenvalue weighted by molar-refractivity contribution is 5.75. The van der Waals surface area contributed by atoms with E-state index in [0.717, 1.165) is 16.9 Å². The number of amides is 1. The first-order chi connectivity index (χ1) is 13.6. The van der Waals surface area contributed by atoms with Gasteiger partial charge in [-0.15, -0.1) is 10.2 Å². The van der Waals surface area contributed by atoms with Gasteiger partial charge in [0.25, 0.3) is 0 Å². The van der Waals surface area contributed by atoms with Crippen molar-refractivity contribution < 1.29 is 14.3 Å². The molecular weight excluding hydrogens is 358 g/mol. The molecule has 1 amide bonds. The normalized spacial score (nSPS) is 12.4. The molecule has 0 radical (unpaired) electrons. The van der Waals surface area contributed by atoms with Crippen molar-refractivity contribution in [1.82, 2.24) is 25.5 Å². The van der Waals surface area contributed by atoms with Crippen LogP contribution in [0.3, 0.4) is 0 Å². The van der Waals surface area contributed by atoms with E-state index in [2.05, 4.69) is 46.7 Å². The highest BCUT2D eigenvalue weighted by Gasteiger charge is 2.14. The van der Waals surface area contributed by atoms with E-state index in [1.807, 2.05) is 30.3 Å². The van der Waals surface area contributed by atoms with Crippen LogP contribution in [-0.2, 0) is 17.9 Å². The molecule has 0 spiro atoms. The van der Waals surface area contributed by atoms with Gasteiger partial charge in [-0.3, -0.25) is 4.79 Å². The molecule has 3 aromatic rings. The van der Waals surface area contributed by atoms with Gasteiger partial charge in [0.15, 0.2) is 11.5 Å². The van der Waals surface area contributed by atoms with Crippen molar-refractivity contribution in [2.75, 3.05) is 6.79 Å². The Morgan fingerprint density at radius 3 is 2.71 bits per heavy atom. The molecule has 1 N–H and O–H groups in total. The molecule has 0 unspecified atom stereocenters. The number of nitrogens with one attached hydrogen (secondary N) is 1. The second-order valence-electron chi connectivity index (χ2n) is 6.88. The first kappa shape index (κ1) is 18.0. The van der Waals surface area contributed by atoms with Crippen molar-refractivity contribution in [3.8, 4) is 22.9 Å². The summed E-state index contributed by atoms with van der Waals surface area (Å²) in [6.07, 6.45) is 0. The van der Waals surface area contributed by atoms with Crippen molar-refractivity contribution in [3.63, 3.8) is 0 Å². The summed E-state index contributed by atoms with van der Waals surface area (Å²) in [5.41, 5.74) is 3.05. The van der Waals surface area contributed by atoms with E-state index >= 15 is 0 Å². The summed E-state index contributed by atoms with van der Waals surface area (Å²) in [5.74, 6) is 2.18. The van der Waals surface area contributed by atoms with E-state index in [1.54, 1.807) is 0 Å². The number of fused-ring (bicyclic) bond motifs is 1. The zero-order valence-electron chi connectivity index (χ0n) is 15.8. The Balaban J connectivity index is 1.33. The highest BCUT2D eigenvalue weighted by Crippen LogP contribution is 2.32. The number of rotatable bonds is 6. The van der Waals surface area contributed by atoms with Crippen LogP contribution in [0, 0.1) is 0 Å². The van der Waals surface area contributed by atoms with E-state index < -0.39 is 0 Å². The fourth-order valence-electron chi connectivity index (χ4n) is 2.88. The third-order valence-corrected chi connectivity index (χ3v) is 4.50. The van der Waals surface area contributed by atoms with Gasteiger partial charge in [0, 0.05) is 12.1 Å². The van der Waals surface area contributed by atoms with Gasteiger partial charge < -0.3 is 14.8 Å². The summed E-state index contributed by atoms with van der Waals surface area (Å²) in [5, 5.41) is 15.2. The molecule has 1 aromatic heterocycles. The van der Waals surface area contributed by atoms with Crippen molar-refractivity contribution in [2.45, 2.75) is 32.9 Å². The van der Waals surface area contributed by atoms with Crippen molar-refractivity contribution in [2.24, 2.45) is 0 Å². The molecule has 8 heteroatoms. The average Bonchev–Trinajstić information content (AvgIpc) is 3.35. The number of hydrogen-bond acceptors (Lipinski definition) is 6. The molecule has 1 aliphatic heterocycles. The summed E-state index contributed by atoms with van der Waals surface area (Å²) in [4.78, 5) is 13.5. The Bertz CT molecular complexity index is 982. The lowest BCUT2D eigenvalue weighted by molar-refractivity contribution is -0.122. The van der Waals surface area contributed by atoms with E-state index in [4.69, 9.17) is 9.47 Å². The van der Waals surface area contributed by atoms with Gasteiger partial charge in [-0.2, -0.15) is 4.80 Å². The van der Waals surface area contributed by atoms with Crippen LogP contribution in [0.5, 0.6) is 11.5 Å². The topological polar surface area (TPSA) is 91.2 Å². The Labute approximate surface area is 162 Å². The highest BCUT2D eigenvalue weighted by atomic mass is 16.7. The van der Waals surface area contributed by atoms with Crippen LogP contribution < -0.4 is 14.8 Å². The van der Waals surface area contributed by atoms with E-state index in [9.17, 15) is 4.79 Å². The minimum absolute atomic E-state index is 0.00162. The number of aromatic nitrogens is 4. The molecule has 0 aliphatic carbocycles. The van der Waals surface area contributed by atoms with Crippen molar-refractivity contribution in [3.05, 3.63) is 53.6 Å². The van der Waals surface area contributed by atoms with Gasteiger partial charge in [0.2, 0.25) is 18.5 Å². The second-order valence-corrected chi connectivity index (χ2v) is 6.88. The Morgan fingerprint density at radius 1 is 1.14 bits per heavy atom. The molecule has 4 rings (SSSR count). The second kappa shape index (κ2) is 7.67. The van der Waals surface area contributed by atoms with Crippen LogP contribution in [0.1, 0.15) is 30.9 Å². The molecule has 0 atom stereocenters. The van der Waals surface area contributed by atoms with Crippen LogP contribution in [0.15, 0.2) is 42.5 Å². The van der Waals surface area contributed by atoms with Crippen LogP contribution in [0.2, 0.25) is 0 Å². The molecular formula is C20H21N5O3. The fourth-order valence-corrected chi connectivity index (χ4v) is 2.88. The largest absolute Gasteiger partial charge is 0.454 e. The minimum atomic E-state index is -0.197. The smallest absolute Gasteiger partial charge is 0.243 e. The van der Waals surface area contributed by atoms with E-state index in [1.165, 1.54) is 10.4 Å². The zero-order valence-corrected chi connectivity index (χ0v) is 15.8. The maximum atomic E-state index is 12.2. The van der Waals surface area contributed by atoms with Gasteiger partial charge in [-0.25, -0.2) is 0 Å². The molecule has 2 aromatic carbocycles. The van der Waals surface area contributed by atoms with Gasteiger partial charge in [-0.05, 0) is 34.4 Å². The number of ether oxygens (including phenoxy) is 2. The molecule has 2 heterocycles. The third-order valence-electron chi connectivity index (χ3n) is 4.50. The number of benzene rings is 2. The van der Waals surface area contributed by atoms with Crippen LogP contribution >= 0.6 is 0 Å². The minimum Gasteiger partial charge on any atom is -0.454 e. The number of carbonyl (C=O) groups is 1. The SMILES string of the molecule is CC(C)c1ccc(-c2nnn(CC(=O)NCc3ccc4c(c3)OCO4)n2)cc1. The van der Waals surface area contributed by atoms with E-state index in [-0.39, 0.29) is 19.2 Å². The lowest BCUT2D eigenvalue weighted by atomic mass is 10.0. The monoisotopic (exact) mass is 379 g/mol. The Kier molecular flexibility index (Phi) is 4.92. The van der Waals surface area contributed by atoms with Crippen LogP contribution in [0.25, 0.3) is 11.4 Å². The summed E-state index contributed by atoms with van der Waals surface area (Å²) in [6, 6.07) is 13.6. The van der Waals surface area contributed by atoms with Gasteiger partial charge in [0.1, 0.15) is 6.54 Å². The molecule has 0 fully saturated rings. The summed E-state index contributed by atoms with van der Waals surface area (Å²) >= 11 is 0. The lowest BCUT2D eigenvalue weighted by Crippen LogP contribution is -2.28. The van der Waals surface area contributed by atoms with Crippen LogP contribution in [-0.4, -0.2) is 32.9 Å². The third kappa shape index (κ3) is 3.95. The first-order valence-electron chi connectivity index (χ1n) is 9.12. The Morgan fingerprint density at radius 2 is 1.93 bits per heavy atom. The summed E-state index contributed by atoms with van der Waals surface area (Å²) in [6.45, 7) is 4.90. The number of tetrazole rings is 1. The molecule has 28 heavy (non-hydrogen) atoms. The number of nitrogens with zero attached hydrogens (tertiary/aromatic N) is 4. The predicted molar refractivity (Wildman–Crippen MR) is 102 cm³/mol. The molecule has 0 saturated heterocycles. The van der Waals surface area contributed by atoms with Gasteiger partial charge in [-0.1, -0.05) is 44.2 Å². The molecule has 0 bridgehead atoms. The quantitative estimate of drug-likeness (QED) is 0.708.